The van der Waals surface area contributed by atoms with Crippen LogP contribution in [-0.4, -0.2) is 56.2 Å². The Morgan fingerprint density at radius 2 is 1.63 bits per heavy atom. The average Bonchev–Trinajstić information content (AvgIpc) is 3.16. The molecular weight excluding hydrogens is 486 g/mol. The third kappa shape index (κ3) is 5.88. The highest BCUT2D eigenvalue weighted by Gasteiger charge is 2.46. The van der Waals surface area contributed by atoms with Crippen LogP contribution in [-0.2, 0) is 16.0 Å². The second-order valence-electron chi connectivity index (χ2n) is 8.65. The molecule has 4 rings (SSSR count). The molecular formula is C29H31N3O6. The highest BCUT2D eigenvalue weighted by molar-refractivity contribution is 6.22. The Bertz CT molecular complexity index is 1280. The Labute approximate surface area is 221 Å². The topological polar surface area (TPSA) is 97.4 Å². The average molecular weight is 518 g/mol. The van der Waals surface area contributed by atoms with E-state index >= 15 is 0 Å². The monoisotopic (exact) mass is 517 g/mol. The largest absolute Gasteiger partial charge is 0.494 e. The van der Waals surface area contributed by atoms with Crippen LogP contribution in [0, 0.1) is 0 Å². The molecule has 0 radical (unpaired) electrons. The van der Waals surface area contributed by atoms with Crippen molar-refractivity contribution in [2.45, 2.75) is 25.8 Å². The molecule has 0 aliphatic carbocycles. The first kappa shape index (κ1) is 26.5. The summed E-state index contributed by atoms with van der Waals surface area (Å²) in [5.74, 6) is 1.07. The van der Waals surface area contributed by atoms with Crippen LogP contribution >= 0.6 is 0 Å². The Morgan fingerprint density at radius 1 is 0.921 bits per heavy atom. The SMILES string of the molecule is CCOc1ccc(NC(=O)C[C@@H]2C(=O)N(c3ccccc3)C(=O)N2CCc2ccc(OC)c(OC)c2)cc1. The van der Waals surface area contributed by atoms with E-state index in [9.17, 15) is 14.4 Å². The lowest BCUT2D eigenvalue weighted by Gasteiger charge is -2.22. The number of carbonyl (C=O) groups is 3. The smallest absolute Gasteiger partial charge is 0.332 e. The lowest BCUT2D eigenvalue weighted by molar-refractivity contribution is -0.124. The first-order chi connectivity index (χ1) is 18.4. The molecule has 0 spiro atoms. The maximum absolute atomic E-state index is 13.5. The van der Waals surface area contributed by atoms with Gasteiger partial charge in [-0.05, 0) is 67.4 Å². The number of rotatable bonds is 11. The Balaban J connectivity index is 1.52. The number of hydrogen-bond acceptors (Lipinski definition) is 6. The normalized spacial score (nSPS) is 15.0. The van der Waals surface area contributed by atoms with Gasteiger partial charge in [0, 0.05) is 12.2 Å². The molecule has 9 heteroatoms. The highest BCUT2D eigenvalue weighted by Crippen LogP contribution is 2.30. The summed E-state index contributed by atoms with van der Waals surface area (Å²) < 4.78 is 16.1. The summed E-state index contributed by atoms with van der Waals surface area (Å²) >= 11 is 0. The van der Waals surface area contributed by atoms with Crippen molar-refractivity contribution in [3.8, 4) is 17.2 Å². The molecule has 198 valence electrons. The van der Waals surface area contributed by atoms with Gasteiger partial charge in [-0.25, -0.2) is 9.69 Å². The molecule has 38 heavy (non-hydrogen) atoms. The first-order valence-corrected chi connectivity index (χ1v) is 12.4. The molecule has 0 unspecified atom stereocenters. The molecule has 1 N–H and O–H groups in total. The molecule has 4 amide bonds. The molecule has 9 nitrogen and oxygen atoms in total. The number of nitrogens with zero attached hydrogens (tertiary/aromatic N) is 2. The van der Waals surface area contributed by atoms with Crippen molar-refractivity contribution in [1.29, 1.82) is 0 Å². The molecule has 1 aliphatic heterocycles. The van der Waals surface area contributed by atoms with Crippen LogP contribution in [0.3, 0.4) is 0 Å². The summed E-state index contributed by atoms with van der Waals surface area (Å²) in [6, 6.07) is 19.8. The van der Waals surface area contributed by atoms with E-state index in [4.69, 9.17) is 14.2 Å². The van der Waals surface area contributed by atoms with Crippen LogP contribution < -0.4 is 24.4 Å². The van der Waals surface area contributed by atoms with Crippen molar-refractivity contribution >= 4 is 29.2 Å². The number of amides is 4. The summed E-state index contributed by atoms with van der Waals surface area (Å²) in [5, 5.41) is 2.82. The number of imide groups is 1. The zero-order valence-electron chi connectivity index (χ0n) is 21.7. The quantitative estimate of drug-likeness (QED) is 0.376. The third-order valence-corrected chi connectivity index (χ3v) is 6.25. The number of urea groups is 1. The summed E-state index contributed by atoms with van der Waals surface area (Å²) in [5.41, 5.74) is 1.94. The van der Waals surface area contributed by atoms with E-state index < -0.39 is 18.0 Å². The van der Waals surface area contributed by atoms with Gasteiger partial charge in [-0.15, -0.1) is 0 Å². The molecule has 1 aliphatic rings. The van der Waals surface area contributed by atoms with Gasteiger partial charge in [-0.3, -0.25) is 9.59 Å². The lowest BCUT2D eigenvalue weighted by atomic mass is 10.1. The van der Waals surface area contributed by atoms with E-state index in [1.165, 1.54) is 4.90 Å². The first-order valence-electron chi connectivity index (χ1n) is 12.4. The molecule has 0 bridgehead atoms. The van der Waals surface area contributed by atoms with Crippen LogP contribution in [0.25, 0.3) is 0 Å². The van der Waals surface area contributed by atoms with Crippen LogP contribution in [0.2, 0.25) is 0 Å². The van der Waals surface area contributed by atoms with Gasteiger partial charge in [-0.2, -0.15) is 0 Å². The van der Waals surface area contributed by atoms with Gasteiger partial charge < -0.3 is 24.4 Å². The summed E-state index contributed by atoms with van der Waals surface area (Å²) in [7, 11) is 3.12. The zero-order chi connectivity index (χ0) is 27.1. The van der Waals surface area contributed by atoms with E-state index in [0.29, 0.717) is 41.7 Å². The Kier molecular flexibility index (Phi) is 8.47. The third-order valence-electron chi connectivity index (χ3n) is 6.25. The van der Waals surface area contributed by atoms with Gasteiger partial charge in [0.2, 0.25) is 5.91 Å². The number of benzene rings is 3. The summed E-state index contributed by atoms with van der Waals surface area (Å²) in [6.07, 6.45) is 0.284. The fraction of sp³-hybridized carbons (Fsp3) is 0.276. The van der Waals surface area contributed by atoms with Gasteiger partial charge in [-0.1, -0.05) is 24.3 Å². The number of methoxy groups -OCH3 is 2. The molecule has 1 heterocycles. The van der Waals surface area contributed by atoms with E-state index in [-0.39, 0.29) is 18.9 Å². The van der Waals surface area contributed by atoms with Gasteiger partial charge in [0.25, 0.3) is 5.91 Å². The van der Waals surface area contributed by atoms with Gasteiger partial charge in [0.1, 0.15) is 11.8 Å². The van der Waals surface area contributed by atoms with Crippen molar-refractivity contribution in [3.63, 3.8) is 0 Å². The van der Waals surface area contributed by atoms with Crippen molar-refractivity contribution in [2.75, 3.05) is 37.6 Å². The van der Waals surface area contributed by atoms with Crippen LogP contribution in [0.5, 0.6) is 17.2 Å². The van der Waals surface area contributed by atoms with Crippen molar-refractivity contribution in [2.24, 2.45) is 0 Å². The maximum Gasteiger partial charge on any atom is 0.332 e. The molecule has 1 saturated heterocycles. The predicted octanol–water partition coefficient (Wildman–Crippen LogP) is 4.51. The molecule has 1 fully saturated rings. The van der Waals surface area contributed by atoms with Crippen LogP contribution in [0.1, 0.15) is 18.9 Å². The van der Waals surface area contributed by atoms with Crippen LogP contribution in [0.4, 0.5) is 16.2 Å². The van der Waals surface area contributed by atoms with Gasteiger partial charge in [0.05, 0.1) is 32.9 Å². The minimum Gasteiger partial charge on any atom is -0.494 e. The minimum absolute atomic E-state index is 0.174. The number of anilines is 2. The lowest BCUT2D eigenvalue weighted by Crippen LogP contribution is -2.39. The van der Waals surface area contributed by atoms with E-state index in [0.717, 1.165) is 10.5 Å². The standard InChI is InChI=1S/C29H31N3O6/c1-4-38-23-13-11-21(12-14-23)30-27(33)19-24-28(34)32(22-8-6-5-7-9-22)29(35)31(24)17-16-20-10-15-25(36-2)26(18-20)37-3/h5-15,18,24H,4,16-17,19H2,1-3H3,(H,30,33)/t24-/m1/s1. The maximum atomic E-state index is 13.5. The van der Waals surface area contributed by atoms with E-state index in [1.807, 2.05) is 25.1 Å². The molecule has 1 atom stereocenters. The number of hydrogen-bond donors (Lipinski definition) is 1. The minimum atomic E-state index is -0.939. The summed E-state index contributed by atoms with van der Waals surface area (Å²) in [4.78, 5) is 42.5. The van der Waals surface area contributed by atoms with E-state index in [1.54, 1.807) is 68.8 Å². The highest BCUT2D eigenvalue weighted by atomic mass is 16.5. The Hall–Kier alpha value is -4.53. The van der Waals surface area contributed by atoms with Crippen LogP contribution in [0.15, 0.2) is 72.8 Å². The van der Waals surface area contributed by atoms with Gasteiger partial charge in [0.15, 0.2) is 11.5 Å². The molecule has 3 aromatic carbocycles. The predicted molar refractivity (Wildman–Crippen MR) is 144 cm³/mol. The number of para-hydroxylation sites is 1. The fourth-order valence-corrected chi connectivity index (χ4v) is 4.38. The van der Waals surface area contributed by atoms with E-state index in [2.05, 4.69) is 5.32 Å². The zero-order valence-corrected chi connectivity index (χ0v) is 21.7. The fourth-order valence-electron chi connectivity index (χ4n) is 4.38. The summed E-state index contributed by atoms with van der Waals surface area (Å²) in [6.45, 7) is 2.68. The van der Waals surface area contributed by atoms with Crippen molar-refractivity contribution in [1.82, 2.24) is 4.90 Å². The second kappa shape index (κ2) is 12.1. The number of nitrogens with one attached hydrogen (secondary N) is 1. The van der Waals surface area contributed by atoms with Crippen molar-refractivity contribution < 1.29 is 28.6 Å². The molecule has 3 aromatic rings. The number of carbonyl (C=O) groups excluding carboxylic acids is 3. The molecule has 0 saturated carbocycles. The Morgan fingerprint density at radius 3 is 2.29 bits per heavy atom. The van der Waals surface area contributed by atoms with Gasteiger partial charge >= 0.3 is 6.03 Å². The number of ether oxygens (including phenoxy) is 3. The van der Waals surface area contributed by atoms with Crippen molar-refractivity contribution in [3.05, 3.63) is 78.4 Å². The second-order valence-corrected chi connectivity index (χ2v) is 8.65. The molecule has 0 aromatic heterocycles.